The van der Waals surface area contributed by atoms with Gasteiger partial charge in [-0.05, 0) is 26.0 Å². The first-order chi connectivity index (χ1) is 8.16. The molecular weight excluding hydrogens is 216 g/mol. The Kier molecular flexibility index (Phi) is 3.64. The van der Waals surface area contributed by atoms with Crippen molar-refractivity contribution in [1.82, 2.24) is 5.01 Å². The average Bonchev–Trinajstić information content (AvgIpc) is 2.33. The highest BCUT2D eigenvalue weighted by Gasteiger charge is 2.10. The van der Waals surface area contributed by atoms with E-state index in [2.05, 4.69) is 5.10 Å². The van der Waals surface area contributed by atoms with Crippen molar-refractivity contribution in [3.05, 3.63) is 29.3 Å². The minimum atomic E-state index is 0.283. The van der Waals surface area contributed by atoms with Crippen molar-refractivity contribution in [3.63, 3.8) is 0 Å². The molecule has 0 spiro atoms. The van der Waals surface area contributed by atoms with Gasteiger partial charge in [-0.3, -0.25) is 5.01 Å². The Bertz CT molecular complexity index is 423. The number of morpholine rings is 1. The molecule has 1 heterocycles. The molecule has 92 valence electrons. The van der Waals surface area contributed by atoms with Crippen LogP contribution in [0.4, 0.5) is 0 Å². The molecule has 17 heavy (non-hydrogen) atoms. The van der Waals surface area contributed by atoms with Crippen molar-refractivity contribution in [2.75, 3.05) is 26.3 Å². The van der Waals surface area contributed by atoms with Crippen LogP contribution in [0.15, 0.2) is 23.3 Å². The topological polar surface area (TPSA) is 45.1 Å². The Hall–Kier alpha value is -1.55. The van der Waals surface area contributed by atoms with E-state index in [9.17, 15) is 5.11 Å². The molecule has 0 aromatic heterocycles. The molecule has 1 aromatic carbocycles. The minimum absolute atomic E-state index is 0.283. The van der Waals surface area contributed by atoms with Gasteiger partial charge in [-0.15, -0.1) is 0 Å². The summed E-state index contributed by atoms with van der Waals surface area (Å²) in [5.74, 6) is 0.283. The number of phenols is 1. The third-order valence-corrected chi connectivity index (χ3v) is 2.82. The Balaban J connectivity index is 2.19. The predicted molar refractivity (Wildman–Crippen MR) is 67.4 cm³/mol. The van der Waals surface area contributed by atoms with Crippen molar-refractivity contribution in [1.29, 1.82) is 0 Å². The standard InChI is InChI=1S/C13H18N2O2/c1-10-3-4-13(16)12(9-10)11(2)14-15-5-7-17-8-6-15/h3-4,9,16H,5-8H2,1-2H3/b14-11+. The van der Waals surface area contributed by atoms with E-state index in [0.29, 0.717) is 0 Å². The predicted octanol–water partition coefficient (Wildman–Crippen LogP) is 1.76. The maximum Gasteiger partial charge on any atom is 0.124 e. The van der Waals surface area contributed by atoms with Crippen LogP contribution in [0.2, 0.25) is 0 Å². The number of hydrogen-bond donors (Lipinski definition) is 1. The van der Waals surface area contributed by atoms with E-state index in [-0.39, 0.29) is 5.75 Å². The molecule has 0 bridgehead atoms. The Morgan fingerprint density at radius 1 is 1.35 bits per heavy atom. The Morgan fingerprint density at radius 3 is 2.76 bits per heavy atom. The van der Waals surface area contributed by atoms with Crippen LogP contribution in [0.3, 0.4) is 0 Å². The maximum atomic E-state index is 9.81. The van der Waals surface area contributed by atoms with Gasteiger partial charge >= 0.3 is 0 Å². The normalized spacial score (nSPS) is 17.3. The zero-order valence-corrected chi connectivity index (χ0v) is 10.3. The van der Waals surface area contributed by atoms with Crippen LogP contribution in [-0.2, 0) is 4.74 Å². The number of ether oxygens (including phenoxy) is 1. The monoisotopic (exact) mass is 234 g/mol. The number of hydrazone groups is 1. The first kappa shape index (κ1) is 11.9. The molecule has 0 saturated carbocycles. The van der Waals surface area contributed by atoms with Crippen LogP contribution in [0.1, 0.15) is 18.1 Å². The van der Waals surface area contributed by atoms with Crippen LogP contribution in [0.5, 0.6) is 5.75 Å². The van der Waals surface area contributed by atoms with Crippen LogP contribution in [-0.4, -0.2) is 42.1 Å². The first-order valence-corrected chi connectivity index (χ1v) is 5.85. The summed E-state index contributed by atoms with van der Waals surface area (Å²) < 4.78 is 5.27. The van der Waals surface area contributed by atoms with E-state index in [1.165, 1.54) is 0 Å². The van der Waals surface area contributed by atoms with Crippen LogP contribution in [0.25, 0.3) is 0 Å². The number of aromatic hydroxyl groups is 1. The van der Waals surface area contributed by atoms with E-state index in [1.54, 1.807) is 6.07 Å². The highest BCUT2D eigenvalue weighted by molar-refractivity contribution is 6.01. The highest BCUT2D eigenvalue weighted by atomic mass is 16.5. The molecule has 0 radical (unpaired) electrons. The number of phenolic OH excluding ortho intramolecular Hbond substituents is 1. The number of nitrogens with zero attached hydrogens (tertiary/aromatic N) is 2. The molecule has 1 aliphatic rings. The molecule has 0 aliphatic carbocycles. The van der Waals surface area contributed by atoms with Gasteiger partial charge < -0.3 is 9.84 Å². The lowest BCUT2D eigenvalue weighted by Crippen LogP contribution is -2.33. The second-order valence-corrected chi connectivity index (χ2v) is 4.27. The summed E-state index contributed by atoms with van der Waals surface area (Å²) in [7, 11) is 0. The fraction of sp³-hybridized carbons (Fsp3) is 0.462. The molecule has 4 heteroatoms. The van der Waals surface area contributed by atoms with Gasteiger partial charge in [-0.2, -0.15) is 5.10 Å². The fourth-order valence-corrected chi connectivity index (χ4v) is 1.86. The van der Waals surface area contributed by atoms with Crippen molar-refractivity contribution in [2.24, 2.45) is 5.10 Å². The summed E-state index contributed by atoms with van der Waals surface area (Å²) in [5.41, 5.74) is 2.76. The Labute approximate surface area is 102 Å². The summed E-state index contributed by atoms with van der Waals surface area (Å²) in [5, 5.41) is 16.3. The van der Waals surface area contributed by atoms with Gasteiger partial charge in [0.1, 0.15) is 5.75 Å². The fourth-order valence-electron chi connectivity index (χ4n) is 1.86. The van der Waals surface area contributed by atoms with Crippen LogP contribution >= 0.6 is 0 Å². The van der Waals surface area contributed by atoms with Gasteiger partial charge in [0, 0.05) is 5.56 Å². The second kappa shape index (κ2) is 5.19. The van der Waals surface area contributed by atoms with E-state index < -0.39 is 0 Å². The zero-order chi connectivity index (χ0) is 12.3. The average molecular weight is 234 g/mol. The van der Waals surface area contributed by atoms with Gasteiger partial charge in [0.2, 0.25) is 0 Å². The lowest BCUT2D eigenvalue weighted by molar-refractivity contribution is 0.0393. The van der Waals surface area contributed by atoms with E-state index >= 15 is 0 Å². The molecule has 2 rings (SSSR count). The van der Waals surface area contributed by atoms with Crippen molar-refractivity contribution < 1.29 is 9.84 Å². The van der Waals surface area contributed by atoms with Gasteiger partial charge in [0.25, 0.3) is 0 Å². The third kappa shape index (κ3) is 2.97. The number of aryl methyl sites for hydroxylation is 1. The molecule has 1 fully saturated rings. The molecule has 1 saturated heterocycles. The quantitative estimate of drug-likeness (QED) is 0.793. The Morgan fingerprint density at radius 2 is 2.06 bits per heavy atom. The van der Waals surface area contributed by atoms with Crippen LogP contribution in [0, 0.1) is 6.92 Å². The molecular formula is C13H18N2O2. The first-order valence-electron chi connectivity index (χ1n) is 5.85. The van der Waals surface area contributed by atoms with Gasteiger partial charge in [0.15, 0.2) is 0 Å². The van der Waals surface area contributed by atoms with Gasteiger partial charge in [-0.25, -0.2) is 0 Å². The maximum absolute atomic E-state index is 9.81. The number of benzene rings is 1. The lowest BCUT2D eigenvalue weighted by atomic mass is 10.1. The summed E-state index contributed by atoms with van der Waals surface area (Å²) in [6.07, 6.45) is 0. The highest BCUT2D eigenvalue weighted by Crippen LogP contribution is 2.19. The SMILES string of the molecule is C/C(=N\N1CCOCC1)c1cc(C)ccc1O. The van der Waals surface area contributed by atoms with E-state index in [4.69, 9.17) is 4.74 Å². The van der Waals surface area contributed by atoms with Crippen LogP contribution < -0.4 is 0 Å². The molecule has 0 unspecified atom stereocenters. The molecule has 1 aromatic rings. The summed E-state index contributed by atoms with van der Waals surface area (Å²) in [6, 6.07) is 5.55. The van der Waals surface area contributed by atoms with Crippen molar-refractivity contribution in [3.8, 4) is 5.75 Å². The minimum Gasteiger partial charge on any atom is -0.507 e. The second-order valence-electron chi connectivity index (χ2n) is 4.27. The number of hydrogen-bond acceptors (Lipinski definition) is 4. The van der Waals surface area contributed by atoms with Gasteiger partial charge in [-0.1, -0.05) is 11.6 Å². The largest absolute Gasteiger partial charge is 0.507 e. The van der Waals surface area contributed by atoms with E-state index in [0.717, 1.165) is 43.1 Å². The number of rotatable bonds is 2. The molecule has 0 amide bonds. The van der Waals surface area contributed by atoms with Crippen molar-refractivity contribution >= 4 is 5.71 Å². The molecule has 1 N–H and O–H groups in total. The summed E-state index contributed by atoms with van der Waals surface area (Å²) in [6.45, 7) is 6.98. The van der Waals surface area contributed by atoms with Crippen molar-refractivity contribution in [2.45, 2.75) is 13.8 Å². The third-order valence-electron chi connectivity index (χ3n) is 2.82. The lowest BCUT2D eigenvalue weighted by Gasteiger charge is -2.24. The summed E-state index contributed by atoms with van der Waals surface area (Å²) >= 11 is 0. The zero-order valence-electron chi connectivity index (χ0n) is 10.3. The smallest absolute Gasteiger partial charge is 0.124 e. The molecule has 0 atom stereocenters. The van der Waals surface area contributed by atoms with E-state index in [1.807, 2.05) is 31.0 Å². The molecule has 4 nitrogen and oxygen atoms in total. The van der Waals surface area contributed by atoms with Gasteiger partial charge in [0.05, 0.1) is 32.0 Å². The summed E-state index contributed by atoms with van der Waals surface area (Å²) in [4.78, 5) is 0. The molecule has 1 aliphatic heterocycles.